The summed E-state index contributed by atoms with van der Waals surface area (Å²) >= 11 is 0. The number of carboxylic acid groups (broad SMARTS) is 2. The van der Waals surface area contributed by atoms with Gasteiger partial charge < -0.3 is 38.3 Å². The molecular formula is C44H48N2O12. The smallest absolute Gasteiger partial charge is 0.411 e. The molecule has 14 nitrogen and oxygen atoms in total. The van der Waals surface area contributed by atoms with Gasteiger partial charge in [-0.2, -0.15) is 0 Å². The Hall–Kier alpha value is -6.18. The highest BCUT2D eigenvalue weighted by Gasteiger charge is 2.44. The van der Waals surface area contributed by atoms with Crippen LogP contribution in [0.25, 0.3) is 32.5 Å². The van der Waals surface area contributed by atoms with Gasteiger partial charge in [0, 0.05) is 41.0 Å². The van der Waals surface area contributed by atoms with E-state index >= 15 is 0 Å². The van der Waals surface area contributed by atoms with E-state index in [4.69, 9.17) is 28.1 Å². The minimum absolute atomic E-state index is 0.149. The number of rotatable bonds is 6. The van der Waals surface area contributed by atoms with Gasteiger partial charge >= 0.3 is 24.1 Å². The van der Waals surface area contributed by atoms with Crippen molar-refractivity contribution in [2.75, 3.05) is 19.7 Å². The lowest BCUT2D eigenvalue weighted by Gasteiger charge is -2.26. The van der Waals surface area contributed by atoms with Gasteiger partial charge in [0.05, 0.1) is 26.0 Å². The molecule has 0 saturated carbocycles. The SMILES string of the molecule is CC(C)(C)OC(=O)N1C[C@H](Oc2cccc3c2ccc2occc23)C[C@H]1C(=O)O.CC(C)(C)OC(=O)N1C[C@H](Oc2cccc3c4c(ccc23)OCC4)C[C@H]1C(=O)O. The van der Waals surface area contributed by atoms with Gasteiger partial charge in [0.1, 0.15) is 58.3 Å². The van der Waals surface area contributed by atoms with E-state index in [1.54, 1.807) is 47.8 Å². The summed E-state index contributed by atoms with van der Waals surface area (Å²) in [6, 6.07) is 19.2. The van der Waals surface area contributed by atoms with Crippen LogP contribution >= 0.6 is 0 Å². The van der Waals surface area contributed by atoms with E-state index in [-0.39, 0.29) is 25.9 Å². The molecule has 0 radical (unpaired) electrons. The molecule has 3 aliphatic rings. The Balaban J connectivity index is 0.000000177. The Kier molecular flexibility index (Phi) is 10.8. The van der Waals surface area contributed by atoms with Crippen molar-refractivity contribution in [3.05, 3.63) is 78.6 Å². The fourth-order valence-corrected chi connectivity index (χ4v) is 7.65. The molecule has 2 saturated heterocycles. The van der Waals surface area contributed by atoms with Crippen LogP contribution in [0.3, 0.4) is 0 Å². The molecule has 4 aromatic carbocycles. The van der Waals surface area contributed by atoms with Crippen molar-refractivity contribution < 1.29 is 57.5 Å². The van der Waals surface area contributed by atoms with Crippen LogP contribution in [0, 0.1) is 0 Å². The van der Waals surface area contributed by atoms with E-state index in [1.165, 1.54) is 9.80 Å². The van der Waals surface area contributed by atoms with E-state index in [1.807, 2.05) is 66.7 Å². The van der Waals surface area contributed by atoms with Gasteiger partial charge in [0.2, 0.25) is 0 Å². The summed E-state index contributed by atoms with van der Waals surface area (Å²) in [6.45, 7) is 11.5. The molecule has 2 fully saturated rings. The molecule has 0 bridgehead atoms. The minimum Gasteiger partial charge on any atom is -0.493 e. The van der Waals surface area contributed by atoms with Crippen molar-refractivity contribution in [2.24, 2.45) is 0 Å². The third-order valence-electron chi connectivity index (χ3n) is 10.1. The Labute approximate surface area is 335 Å². The lowest BCUT2D eigenvalue weighted by Crippen LogP contribution is -2.43. The van der Waals surface area contributed by atoms with Crippen LogP contribution in [0.1, 0.15) is 59.9 Å². The third kappa shape index (κ3) is 8.55. The van der Waals surface area contributed by atoms with E-state index in [0.717, 1.165) is 50.2 Å². The molecular weight excluding hydrogens is 748 g/mol. The lowest BCUT2D eigenvalue weighted by molar-refractivity contribution is -0.142. The van der Waals surface area contributed by atoms with E-state index < -0.39 is 59.6 Å². The van der Waals surface area contributed by atoms with Crippen LogP contribution in [0.15, 0.2) is 77.4 Å². The first-order valence-corrected chi connectivity index (χ1v) is 19.3. The van der Waals surface area contributed by atoms with Gasteiger partial charge in [0.25, 0.3) is 0 Å². The standard InChI is InChI=1S/C22H25NO6.C22H23NO6/c2*1-22(2,3)29-21(26)23-12-13(11-17(23)20(24)25)28-19-6-4-5-14-15(19)7-8-18-16(14)9-10-27-18/h4-8,13,17H,9-12H2,1-3H3,(H,24,25);4-10,13,17H,11-12H2,1-3H3,(H,24,25)/t2*13-,17+/m11/s1. The van der Waals surface area contributed by atoms with Crippen LogP contribution in [0.5, 0.6) is 17.2 Å². The van der Waals surface area contributed by atoms with Crippen molar-refractivity contribution in [3.8, 4) is 17.2 Å². The van der Waals surface area contributed by atoms with E-state index in [2.05, 4.69) is 0 Å². The number of aliphatic carboxylic acids is 2. The molecule has 2 N–H and O–H groups in total. The van der Waals surface area contributed by atoms with Gasteiger partial charge in [-0.3, -0.25) is 9.80 Å². The zero-order valence-corrected chi connectivity index (χ0v) is 33.4. The number of hydrogen-bond acceptors (Lipinski definition) is 10. The number of carbonyl (C=O) groups excluding carboxylic acids is 2. The van der Waals surface area contributed by atoms with Gasteiger partial charge in [0.15, 0.2) is 0 Å². The molecule has 2 amide bonds. The van der Waals surface area contributed by atoms with Gasteiger partial charge in [-0.25, -0.2) is 19.2 Å². The molecule has 0 unspecified atom stereocenters. The summed E-state index contributed by atoms with van der Waals surface area (Å²) in [4.78, 5) is 50.8. The van der Waals surface area contributed by atoms with Gasteiger partial charge in [-0.15, -0.1) is 0 Å². The predicted molar refractivity (Wildman–Crippen MR) is 214 cm³/mol. The van der Waals surface area contributed by atoms with Crippen LogP contribution in [-0.2, 0) is 25.5 Å². The summed E-state index contributed by atoms with van der Waals surface area (Å²) in [5.74, 6) is 0.0931. The summed E-state index contributed by atoms with van der Waals surface area (Å²) in [5, 5.41) is 24.1. The van der Waals surface area contributed by atoms with Crippen LogP contribution in [0.4, 0.5) is 9.59 Å². The Morgan fingerprint density at radius 2 is 1.16 bits per heavy atom. The molecule has 58 heavy (non-hydrogen) atoms. The molecule has 306 valence electrons. The molecule has 0 spiro atoms. The molecule has 4 heterocycles. The molecule has 14 heteroatoms. The number of benzene rings is 4. The minimum atomic E-state index is -1.07. The second kappa shape index (κ2) is 15.6. The maximum Gasteiger partial charge on any atom is 0.411 e. The number of carbonyl (C=O) groups is 4. The second-order valence-corrected chi connectivity index (χ2v) is 16.7. The number of likely N-dealkylation sites (tertiary alicyclic amines) is 2. The Morgan fingerprint density at radius 3 is 1.69 bits per heavy atom. The number of fused-ring (bicyclic) bond motifs is 6. The number of furan rings is 1. The number of hydrogen-bond donors (Lipinski definition) is 2. The fourth-order valence-electron chi connectivity index (χ4n) is 7.65. The van der Waals surface area contributed by atoms with Crippen molar-refractivity contribution >= 4 is 56.6 Å². The maximum absolute atomic E-state index is 12.5. The zero-order valence-electron chi connectivity index (χ0n) is 33.4. The first kappa shape index (κ1) is 40.0. The second-order valence-electron chi connectivity index (χ2n) is 16.7. The molecule has 0 aliphatic carbocycles. The Bertz CT molecular complexity index is 2370. The number of amides is 2. The normalized spacial score (nSPS) is 20.3. The zero-order chi connectivity index (χ0) is 41.5. The molecule has 4 atom stereocenters. The van der Waals surface area contributed by atoms with Crippen molar-refractivity contribution in [1.82, 2.24) is 9.80 Å². The number of nitrogens with zero attached hydrogens (tertiary/aromatic N) is 2. The van der Waals surface area contributed by atoms with Crippen molar-refractivity contribution in [2.45, 2.75) is 96.3 Å². The number of carboxylic acids is 2. The van der Waals surface area contributed by atoms with Crippen LogP contribution < -0.4 is 14.2 Å². The maximum atomic E-state index is 12.5. The summed E-state index contributed by atoms with van der Waals surface area (Å²) in [6.07, 6.45) is 0.737. The molecule has 5 aromatic rings. The summed E-state index contributed by atoms with van der Waals surface area (Å²) in [5.41, 5.74) is 0.553. The van der Waals surface area contributed by atoms with Crippen molar-refractivity contribution in [1.29, 1.82) is 0 Å². The largest absolute Gasteiger partial charge is 0.493 e. The average molecular weight is 797 g/mol. The average Bonchev–Trinajstić information content (AvgIpc) is 3.96. The number of ether oxygens (including phenoxy) is 5. The van der Waals surface area contributed by atoms with E-state index in [0.29, 0.717) is 18.1 Å². The van der Waals surface area contributed by atoms with Gasteiger partial charge in [-0.1, -0.05) is 24.3 Å². The lowest BCUT2D eigenvalue weighted by atomic mass is 10.0. The Morgan fingerprint density at radius 1 is 0.638 bits per heavy atom. The quantitative estimate of drug-likeness (QED) is 0.170. The first-order valence-electron chi connectivity index (χ1n) is 19.3. The van der Waals surface area contributed by atoms with Crippen molar-refractivity contribution in [3.63, 3.8) is 0 Å². The topological polar surface area (TPSA) is 175 Å². The summed E-state index contributed by atoms with van der Waals surface area (Å²) < 4.78 is 34.2. The molecule has 1 aromatic heterocycles. The molecule has 3 aliphatic heterocycles. The highest BCUT2D eigenvalue weighted by molar-refractivity contribution is 6.07. The predicted octanol–water partition coefficient (Wildman–Crippen LogP) is 8.04. The van der Waals surface area contributed by atoms with E-state index in [9.17, 15) is 29.4 Å². The van der Waals surface area contributed by atoms with Gasteiger partial charge in [-0.05, 0) is 94.8 Å². The van der Waals surface area contributed by atoms with Crippen LogP contribution in [0.2, 0.25) is 0 Å². The van der Waals surface area contributed by atoms with Crippen LogP contribution in [-0.4, -0.2) is 99.3 Å². The monoisotopic (exact) mass is 796 g/mol. The highest BCUT2D eigenvalue weighted by Crippen LogP contribution is 2.38. The third-order valence-corrected chi connectivity index (χ3v) is 10.1. The fraction of sp³-hybridized carbons (Fsp3) is 0.409. The highest BCUT2D eigenvalue weighted by atomic mass is 16.6. The first-order chi connectivity index (χ1) is 27.5. The summed E-state index contributed by atoms with van der Waals surface area (Å²) in [7, 11) is 0. The molecule has 8 rings (SSSR count).